The van der Waals surface area contributed by atoms with Gasteiger partial charge in [-0.3, -0.25) is 0 Å². The Bertz CT molecular complexity index is 1170. The SMILES string of the molecule is COc1ccc(-c2c(-c3ccccc3)oc3ncnc(OC4CCCC(O)C4)c23)cc1. The van der Waals surface area contributed by atoms with E-state index in [-0.39, 0.29) is 12.2 Å². The fraction of sp³-hybridized carbons (Fsp3) is 0.280. The molecule has 31 heavy (non-hydrogen) atoms. The van der Waals surface area contributed by atoms with E-state index < -0.39 is 0 Å². The number of methoxy groups -OCH3 is 1. The van der Waals surface area contributed by atoms with Gasteiger partial charge in [-0.05, 0) is 37.0 Å². The minimum Gasteiger partial charge on any atom is -0.497 e. The van der Waals surface area contributed by atoms with Gasteiger partial charge in [0.15, 0.2) is 0 Å². The first-order chi connectivity index (χ1) is 15.2. The van der Waals surface area contributed by atoms with E-state index in [1.165, 1.54) is 6.33 Å². The van der Waals surface area contributed by atoms with Gasteiger partial charge in [0.25, 0.3) is 0 Å². The van der Waals surface area contributed by atoms with Gasteiger partial charge in [-0.25, -0.2) is 9.97 Å². The predicted molar refractivity (Wildman–Crippen MR) is 118 cm³/mol. The van der Waals surface area contributed by atoms with Crippen LogP contribution in [0, 0.1) is 0 Å². The van der Waals surface area contributed by atoms with Crippen molar-refractivity contribution in [3.05, 3.63) is 60.9 Å². The van der Waals surface area contributed by atoms with Gasteiger partial charge in [0.1, 0.15) is 29.3 Å². The molecule has 6 heteroatoms. The second-order valence-electron chi connectivity index (χ2n) is 7.82. The zero-order chi connectivity index (χ0) is 21.2. The van der Waals surface area contributed by atoms with Crippen LogP contribution in [0.4, 0.5) is 0 Å². The molecule has 1 aliphatic carbocycles. The quantitative estimate of drug-likeness (QED) is 0.479. The summed E-state index contributed by atoms with van der Waals surface area (Å²) in [6.45, 7) is 0. The highest BCUT2D eigenvalue weighted by molar-refractivity contribution is 6.03. The van der Waals surface area contributed by atoms with Gasteiger partial charge in [0, 0.05) is 17.5 Å². The monoisotopic (exact) mass is 416 g/mol. The lowest BCUT2D eigenvalue weighted by Gasteiger charge is -2.26. The predicted octanol–water partition coefficient (Wildman–Crippen LogP) is 5.25. The highest BCUT2D eigenvalue weighted by Crippen LogP contribution is 2.44. The fourth-order valence-corrected chi connectivity index (χ4v) is 4.21. The lowest BCUT2D eigenvalue weighted by molar-refractivity contribution is 0.0522. The van der Waals surface area contributed by atoms with Crippen LogP contribution >= 0.6 is 0 Å². The molecule has 5 rings (SSSR count). The molecule has 1 N–H and O–H groups in total. The second kappa shape index (κ2) is 8.40. The summed E-state index contributed by atoms with van der Waals surface area (Å²) in [5.74, 6) is 1.98. The van der Waals surface area contributed by atoms with Crippen molar-refractivity contribution >= 4 is 11.1 Å². The summed E-state index contributed by atoms with van der Waals surface area (Å²) in [4.78, 5) is 8.84. The van der Waals surface area contributed by atoms with E-state index in [9.17, 15) is 5.11 Å². The van der Waals surface area contributed by atoms with Crippen LogP contribution in [0.15, 0.2) is 65.3 Å². The normalized spacial score (nSPS) is 18.8. The number of benzene rings is 2. The van der Waals surface area contributed by atoms with Crippen molar-refractivity contribution in [3.63, 3.8) is 0 Å². The van der Waals surface area contributed by atoms with Crippen molar-refractivity contribution in [3.8, 4) is 34.1 Å². The molecule has 4 aromatic rings. The third-order valence-electron chi connectivity index (χ3n) is 5.74. The minimum absolute atomic E-state index is 0.0827. The minimum atomic E-state index is -0.332. The number of nitrogens with zero attached hydrogens (tertiary/aromatic N) is 2. The first-order valence-electron chi connectivity index (χ1n) is 10.5. The molecule has 2 unspecified atom stereocenters. The maximum Gasteiger partial charge on any atom is 0.234 e. The number of aromatic nitrogens is 2. The standard InChI is InChI=1S/C25H24N2O4/c1-29-19-12-10-16(11-13-19)21-22-24(30-20-9-5-8-18(28)14-20)26-15-27-25(22)31-23(21)17-6-3-2-4-7-17/h2-4,6-7,10-13,15,18,20,28H,5,8-9,14H2,1H3. The van der Waals surface area contributed by atoms with Gasteiger partial charge < -0.3 is 19.0 Å². The average Bonchev–Trinajstić information content (AvgIpc) is 3.20. The molecule has 0 bridgehead atoms. The molecule has 2 heterocycles. The van der Waals surface area contributed by atoms with Crippen molar-refractivity contribution < 1.29 is 19.0 Å². The summed E-state index contributed by atoms with van der Waals surface area (Å²) < 4.78 is 17.9. The zero-order valence-corrected chi connectivity index (χ0v) is 17.3. The van der Waals surface area contributed by atoms with Crippen LogP contribution in [-0.4, -0.2) is 34.4 Å². The van der Waals surface area contributed by atoms with E-state index >= 15 is 0 Å². The molecule has 0 aliphatic heterocycles. The second-order valence-corrected chi connectivity index (χ2v) is 7.82. The number of rotatable bonds is 5. The molecular formula is C25H24N2O4. The van der Waals surface area contributed by atoms with Gasteiger partial charge in [0.2, 0.25) is 11.6 Å². The first-order valence-corrected chi connectivity index (χ1v) is 10.5. The number of ether oxygens (including phenoxy) is 2. The third kappa shape index (κ3) is 3.86. The van der Waals surface area contributed by atoms with E-state index in [0.29, 0.717) is 18.0 Å². The van der Waals surface area contributed by atoms with Crippen molar-refractivity contribution in [1.29, 1.82) is 0 Å². The van der Waals surface area contributed by atoms with Crippen LogP contribution in [0.5, 0.6) is 11.6 Å². The molecule has 0 radical (unpaired) electrons. The van der Waals surface area contributed by atoms with Crippen LogP contribution < -0.4 is 9.47 Å². The number of aliphatic hydroxyl groups excluding tert-OH is 1. The van der Waals surface area contributed by atoms with Crippen LogP contribution in [0.25, 0.3) is 33.6 Å². The van der Waals surface area contributed by atoms with Crippen molar-refractivity contribution in [2.45, 2.75) is 37.9 Å². The lowest BCUT2D eigenvalue weighted by Crippen LogP contribution is -2.28. The molecule has 1 fully saturated rings. The molecule has 158 valence electrons. The molecule has 0 spiro atoms. The Labute approximate surface area is 180 Å². The highest BCUT2D eigenvalue weighted by Gasteiger charge is 2.27. The summed E-state index contributed by atoms with van der Waals surface area (Å²) >= 11 is 0. The number of hydrogen-bond donors (Lipinski definition) is 1. The largest absolute Gasteiger partial charge is 0.497 e. The number of aliphatic hydroxyl groups is 1. The number of furan rings is 1. The molecule has 6 nitrogen and oxygen atoms in total. The fourth-order valence-electron chi connectivity index (χ4n) is 4.21. The Kier molecular flexibility index (Phi) is 5.30. The van der Waals surface area contributed by atoms with Crippen LogP contribution in [0.2, 0.25) is 0 Å². The first kappa shape index (κ1) is 19.6. The zero-order valence-electron chi connectivity index (χ0n) is 17.3. The van der Waals surface area contributed by atoms with Gasteiger partial charge >= 0.3 is 0 Å². The van der Waals surface area contributed by atoms with Crippen molar-refractivity contribution in [2.24, 2.45) is 0 Å². The molecule has 2 aromatic carbocycles. The topological polar surface area (TPSA) is 77.6 Å². The molecule has 0 amide bonds. The van der Waals surface area contributed by atoms with Crippen LogP contribution in [0.3, 0.4) is 0 Å². The number of fused-ring (bicyclic) bond motifs is 1. The Hall–Kier alpha value is -3.38. The summed E-state index contributed by atoms with van der Waals surface area (Å²) in [6.07, 6.45) is 4.30. The van der Waals surface area contributed by atoms with E-state index in [0.717, 1.165) is 52.8 Å². The Balaban J connectivity index is 1.68. The van der Waals surface area contributed by atoms with Crippen molar-refractivity contribution in [2.75, 3.05) is 7.11 Å². The molecular weight excluding hydrogens is 392 g/mol. The summed E-state index contributed by atoms with van der Waals surface area (Å²) in [5.41, 5.74) is 3.27. The van der Waals surface area contributed by atoms with Gasteiger partial charge in [-0.1, -0.05) is 42.5 Å². The van der Waals surface area contributed by atoms with Crippen molar-refractivity contribution in [1.82, 2.24) is 9.97 Å². The van der Waals surface area contributed by atoms with Gasteiger partial charge in [-0.2, -0.15) is 0 Å². The van der Waals surface area contributed by atoms with E-state index in [1.807, 2.05) is 54.6 Å². The molecule has 1 saturated carbocycles. The lowest BCUT2D eigenvalue weighted by atomic mass is 9.95. The third-order valence-corrected chi connectivity index (χ3v) is 5.74. The van der Waals surface area contributed by atoms with E-state index in [2.05, 4.69) is 9.97 Å². The average molecular weight is 416 g/mol. The smallest absolute Gasteiger partial charge is 0.234 e. The summed E-state index contributed by atoms with van der Waals surface area (Å²) in [6, 6.07) is 17.8. The Morgan fingerprint density at radius 2 is 1.77 bits per heavy atom. The van der Waals surface area contributed by atoms with Crippen LogP contribution in [-0.2, 0) is 0 Å². The Morgan fingerprint density at radius 3 is 2.52 bits per heavy atom. The summed E-state index contributed by atoms with van der Waals surface area (Å²) in [7, 11) is 1.65. The molecule has 2 atom stereocenters. The van der Waals surface area contributed by atoms with Gasteiger partial charge in [0.05, 0.1) is 13.2 Å². The molecule has 0 saturated heterocycles. The molecule has 1 aliphatic rings. The Morgan fingerprint density at radius 1 is 0.968 bits per heavy atom. The van der Waals surface area contributed by atoms with Crippen LogP contribution in [0.1, 0.15) is 25.7 Å². The molecule has 2 aromatic heterocycles. The van der Waals surface area contributed by atoms with Gasteiger partial charge in [-0.15, -0.1) is 0 Å². The van der Waals surface area contributed by atoms with E-state index in [1.54, 1.807) is 7.11 Å². The highest BCUT2D eigenvalue weighted by atomic mass is 16.5. The van der Waals surface area contributed by atoms with E-state index in [4.69, 9.17) is 13.9 Å². The maximum atomic E-state index is 10.1. The summed E-state index contributed by atoms with van der Waals surface area (Å²) in [5, 5.41) is 10.8. The maximum absolute atomic E-state index is 10.1. The number of hydrogen-bond acceptors (Lipinski definition) is 6.